The fourth-order valence-corrected chi connectivity index (χ4v) is 5.64. The van der Waals surface area contributed by atoms with Crippen molar-refractivity contribution in [2.45, 2.75) is 0 Å². The highest BCUT2D eigenvalue weighted by Gasteiger charge is 2.21. The first-order valence-corrected chi connectivity index (χ1v) is 13.4. The van der Waals surface area contributed by atoms with Gasteiger partial charge in [0.25, 0.3) is 0 Å². The highest BCUT2D eigenvalue weighted by Crippen LogP contribution is 2.39. The fourth-order valence-electron chi connectivity index (χ4n) is 5.64. The molecular formula is C35H23N5O. The van der Waals surface area contributed by atoms with Gasteiger partial charge in [-0.1, -0.05) is 78.9 Å². The quantitative estimate of drug-likeness (QED) is 0.241. The van der Waals surface area contributed by atoms with Crippen molar-refractivity contribution < 1.29 is 5.11 Å². The minimum absolute atomic E-state index is 0.118. The Morgan fingerprint density at radius 1 is 0.610 bits per heavy atom. The van der Waals surface area contributed by atoms with Crippen molar-refractivity contribution in [3.05, 3.63) is 128 Å². The van der Waals surface area contributed by atoms with Crippen molar-refractivity contribution >= 4 is 33.0 Å². The second kappa shape index (κ2) is 9.17. The van der Waals surface area contributed by atoms with Gasteiger partial charge in [-0.05, 0) is 42.5 Å². The molecule has 4 aromatic heterocycles. The second-order valence-corrected chi connectivity index (χ2v) is 9.96. The number of aromatic amines is 1. The summed E-state index contributed by atoms with van der Waals surface area (Å²) in [5, 5.41) is 14.0. The maximum Gasteiger partial charge on any atom is 0.165 e. The third kappa shape index (κ3) is 3.69. The van der Waals surface area contributed by atoms with Gasteiger partial charge >= 0.3 is 0 Å². The smallest absolute Gasteiger partial charge is 0.165 e. The summed E-state index contributed by atoms with van der Waals surface area (Å²) in [6.07, 6.45) is 1.72. The summed E-state index contributed by atoms with van der Waals surface area (Å²) in [5.41, 5.74) is 8.17. The summed E-state index contributed by atoms with van der Waals surface area (Å²) >= 11 is 0. The van der Waals surface area contributed by atoms with Crippen LogP contribution in [0.3, 0.4) is 0 Å². The van der Waals surface area contributed by atoms with Crippen LogP contribution in [0.1, 0.15) is 0 Å². The average molecular weight is 530 g/mol. The van der Waals surface area contributed by atoms with Crippen LogP contribution in [-0.2, 0) is 0 Å². The summed E-state index contributed by atoms with van der Waals surface area (Å²) < 4.78 is 1.95. The van der Waals surface area contributed by atoms with Gasteiger partial charge in [0.2, 0.25) is 0 Å². The number of fused-ring (bicyclic) bond motifs is 4. The van der Waals surface area contributed by atoms with Gasteiger partial charge in [0.1, 0.15) is 17.1 Å². The molecule has 0 radical (unpaired) electrons. The number of phenols is 1. The van der Waals surface area contributed by atoms with Crippen LogP contribution in [0.4, 0.5) is 0 Å². The zero-order valence-corrected chi connectivity index (χ0v) is 21.9. The SMILES string of the molecule is Oc1c(-c2ccccn2)cccc1-n1c(-c2ccccc2)nc2ccc(-c3cccc4c3[nH]c3ccccc34)nc21. The lowest BCUT2D eigenvalue weighted by Gasteiger charge is -2.14. The molecule has 8 aromatic rings. The van der Waals surface area contributed by atoms with Gasteiger partial charge in [0.05, 0.1) is 22.6 Å². The average Bonchev–Trinajstić information content (AvgIpc) is 3.60. The van der Waals surface area contributed by atoms with Gasteiger partial charge in [0, 0.05) is 39.2 Å². The molecule has 0 fully saturated rings. The number of H-pyrrole nitrogens is 1. The Morgan fingerprint density at radius 2 is 1.39 bits per heavy atom. The summed E-state index contributed by atoms with van der Waals surface area (Å²) in [7, 11) is 0. The number of rotatable bonds is 4. The molecule has 0 bridgehead atoms. The van der Waals surface area contributed by atoms with E-state index < -0.39 is 0 Å². The molecule has 8 rings (SSSR count). The van der Waals surface area contributed by atoms with Crippen molar-refractivity contribution in [2.24, 2.45) is 0 Å². The molecule has 0 amide bonds. The van der Waals surface area contributed by atoms with E-state index in [2.05, 4.69) is 46.4 Å². The zero-order chi connectivity index (χ0) is 27.3. The normalized spacial score (nSPS) is 11.5. The number of nitrogens with zero attached hydrogens (tertiary/aromatic N) is 4. The minimum atomic E-state index is 0.118. The Labute approximate surface area is 235 Å². The monoisotopic (exact) mass is 529 g/mol. The predicted octanol–water partition coefficient (Wildman–Crippen LogP) is 8.16. The van der Waals surface area contributed by atoms with Crippen LogP contribution < -0.4 is 0 Å². The molecule has 0 aliphatic carbocycles. The van der Waals surface area contributed by atoms with Crippen LogP contribution in [0.25, 0.3) is 72.6 Å². The summed E-state index contributed by atoms with van der Waals surface area (Å²) in [4.78, 5) is 18.3. The van der Waals surface area contributed by atoms with Crippen LogP contribution in [0.15, 0.2) is 128 Å². The number of nitrogens with one attached hydrogen (secondary N) is 1. The molecule has 0 atom stereocenters. The number of hydrogen-bond acceptors (Lipinski definition) is 4. The molecule has 0 saturated carbocycles. The first-order valence-electron chi connectivity index (χ1n) is 13.4. The second-order valence-electron chi connectivity index (χ2n) is 9.96. The largest absolute Gasteiger partial charge is 0.505 e. The molecule has 4 aromatic carbocycles. The van der Waals surface area contributed by atoms with E-state index in [4.69, 9.17) is 9.97 Å². The number of aromatic nitrogens is 5. The standard InChI is InChI=1S/C35H23N5O/c41-33-26(27-16-6-7-21-36-27)15-9-18-31(33)40-34(22-10-2-1-3-11-22)39-30-20-19-29(38-35(30)40)25-14-8-13-24-23-12-4-5-17-28(23)37-32(24)25/h1-21,37,41H. The fraction of sp³-hybridized carbons (Fsp3) is 0. The van der Waals surface area contributed by atoms with E-state index in [1.807, 2.05) is 89.5 Å². The topological polar surface area (TPSA) is 79.6 Å². The van der Waals surface area contributed by atoms with Crippen LogP contribution in [-0.4, -0.2) is 29.6 Å². The Morgan fingerprint density at radius 3 is 2.27 bits per heavy atom. The maximum absolute atomic E-state index is 11.6. The lowest BCUT2D eigenvalue weighted by molar-refractivity contribution is 0.474. The highest BCUT2D eigenvalue weighted by atomic mass is 16.3. The Balaban J connectivity index is 1.40. The van der Waals surface area contributed by atoms with E-state index in [-0.39, 0.29) is 5.75 Å². The highest BCUT2D eigenvalue weighted by molar-refractivity contribution is 6.11. The van der Waals surface area contributed by atoms with Gasteiger partial charge < -0.3 is 10.1 Å². The van der Waals surface area contributed by atoms with Gasteiger partial charge in [-0.2, -0.15) is 0 Å². The first-order chi connectivity index (χ1) is 20.3. The van der Waals surface area contributed by atoms with Crippen molar-refractivity contribution in [2.75, 3.05) is 0 Å². The predicted molar refractivity (Wildman–Crippen MR) is 164 cm³/mol. The van der Waals surface area contributed by atoms with E-state index in [0.29, 0.717) is 28.4 Å². The molecule has 0 aliphatic rings. The molecule has 6 heteroatoms. The molecule has 194 valence electrons. The third-order valence-electron chi connectivity index (χ3n) is 7.55. The number of benzene rings is 4. The lowest BCUT2D eigenvalue weighted by Crippen LogP contribution is -2.01. The molecule has 0 unspecified atom stereocenters. The summed E-state index contributed by atoms with van der Waals surface area (Å²) in [5.74, 6) is 0.815. The maximum atomic E-state index is 11.6. The van der Waals surface area contributed by atoms with E-state index in [1.54, 1.807) is 6.20 Å². The molecule has 0 spiro atoms. The summed E-state index contributed by atoms with van der Waals surface area (Å²) in [6.45, 7) is 0. The van der Waals surface area contributed by atoms with Crippen LogP contribution in [0.5, 0.6) is 5.75 Å². The first kappa shape index (κ1) is 23.2. The molecule has 2 N–H and O–H groups in total. The lowest BCUT2D eigenvalue weighted by atomic mass is 10.1. The van der Waals surface area contributed by atoms with Crippen LogP contribution in [0, 0.1) is 0 Å². The van der Waals surface area contributed by atoms with E-state index in [1.165, 1.54) is 5.39 Å². The molecule has 6 nitrogen and oxygen atoms in total. The van der Waals surface area contributed by atoms with Crippen molar-refractivity contribution in [3.63, 3.8) is 0 Å². The van der Waals surface area contributed by atoms with Crippen molar-refractivity contribution in [1.29, 1.82) is 0 Å². The molecular weight excluding hydrogens is 506 g/mol. The summed E-state index contributed by atoms with van der Waals surface area (Å²) in [6, 6.07) is 40.0. The van der Waals surface area contributed by atoms with Crippen LogP contribution in [0.2, 0.25) is 0 Å². The van der Waals surface area contributed by atoms with E-state index in [9.17, 15) is 5.11 Å². The zero-order valence-electron chi connectivity index (χ0n) is 21.9. The van der Waals surface area contributed by atoms with Gasteiger partial charge in [-0.15, -0.1) is 0 Å². The Hall–Kier alpha value is -5.75. The van der Waals surface area contributed by atoms with Gasteiger partial charge in [0.15, 0.2) is 5.65 Å². The minimum Gasteiger partial charge on any atom is -0.505 e. The molecule has 0 saturated heterocycles. The van der Waals surface area contributed by atoms with E-state index in [0.717, 1.165) is 38.8 Å². The van der Waals surface area contributed by atoms with Crippen molar-refractivity contribution in [1.82, 2.24) is 24.5 Å². The Bertz CT molecular complexity index is 2220. The number of para-hydroxylation sites is 3. The van der Waals surface area contributed by atoms with Crippen LogP contribution >= 0.6 is 0 Å². The molecule has 0 aliphatic heterocycles. The van der Waals surface area contributed by atoms with Gasteiger partial charge in [-0.3, -0.25) is 9.55 Å². The van der Waals surface area contributed by atoms with Crippen molar-refractivity contribution in [3.8, 4) is 45.3 Å². The number of phenolic OH excluding ortho intramolecular Hbond substituents is 1. The number of aromatic hydroxyl groups is 1. The van der Waals surface area contributed by atoms with Gasteiger partial charge in [-0.25, -0.2) is 9.97 Å². The number of imidazole rings is 1. The van der Waals surface area contributed by atoms with E-state index >= 15 is 0 Å². The number of hydrogen-bond donors (Lipinski definition) is 2. The number of pyridine rings is 2. The Kier molecular flexibility index (Phi) is 5.18. The third-order valence-corrected chi connectivity index (χ3v) is 7.55. The molecule has 4 heterocycles. The molecule has 41 heavy (non-hydrogen) atoms.